The quantitative estimate of drug-likeness (QED) is 0.0433. The molecule has 2 nitrogen and oxygen atoms in total. The molecule has 4 aromatic carbocycles. The Labute approximate surface area is 296 Å². The SMILES string of the molecule is CCCCCCCCCCCCOCC(CCc1ccc2ccc3c(Br)ccc4ccc1c2c43)OCCCCCCCCCCCC. The highest BCUT2D eigenvalue weighted by Crippen LogP contribution is 2.39. The Morgan fingerprint density at radius 1 is 0.511 bits per heavy atom. The van der Waals surface area contributed by atoms with E-state index in [0.717, 1.165) is 26.1 Å². The summed E-state index contributed by atoms with van der Waals surface area (Å²) in [4.78, 5) is 0. The van der Waals surface area contributed by atoms with Crippen LogP contribution in [0.3, 0.4) is 0 Å². The number of rotatable bonds is 28. The van der Waals surface area contributed by atoms with Gasteiger partial charge in [0.1, 0.15) is 0 Å². The summed E-state index contributed by atoms with van der Waals surface area (Å²) >= 11 is 3.80. The molecule has 0 bridgehead atoms. The monoisotopic (exact) mass is 704 g/mol. The van der Waals surface area contributed by atoms with E-state index >= 15 is 0 Å². The van der Waals surface area contributed by atoms with Gasteiger partial charge in [-0.1, -0.05) is 188 Å². The zero-order chi connectivity index (χ0) is 32.9. The van der Waals surface area contributed by atoms with E-state index in [-0.39, 0.29) is 6.10 Å². The van der Waals surface area contributed by atoms with Crippen molar-refractivity contribution in [1.29, 1.82) is 0 Å². The van der Waals surface area contributed by atoms with Crippen molar-refractivity contribution in [3.63, 3.8) is 0 Å². The molecule has 0 aliphatic carbocycles. The van der Waals surface area contributed by atoms with Gasteiger partial charge in [0.15, 0.2) is 0 Å². The second-order valence-electron chi connectivity index (χ2n) is 14.2. The van der Waals surface area contributed by atoms with Crippen molar-refractivity contribution in [1.82, 2.24) is 0 Å². The molecule has 47 heavy (non-hydrogen) atoms. The molecule has 0 saturated carbocycles. The molecule has 4 rings (SSSR count). The second kappa shape index (κ2) is 22.9. The number of hydrogen-bond acceptors (Lipinski definition) is 2. The van der Waals surface area contributed by atoms with Gasteiger partial charge in [-0.25, -0.2) is 0 Å². The molecule has 0 heterocycles. The van der Waals surface area contributed by atoms with Gasteiger partial charge in [-0.15, -0.1) is 0 Å². The highest BCUT2D eigenvalue weighted by molar-refractivity contribution is 9.10. The van der Waals surface area contributed by atoms with Crippen molar-refractivity contribution in [3.05, 3.63) is 58.6 Å². The first-order chi connectivity index (χ1) is 23.2. The largest absolute Gasteiger partial charge is 0.379 e. The lowest BCUT2D eigenvalue weighted by Gasteiger charge is -2.20. The minimum Gasteiger partial charge on any atom is -0.379 e. The van der Waals surface area contributed by atoms with Gasteiger partial charge in [0.05, 0.1) is 12.7 Å². The van der Waals surface area contributed by atoms with Gasteiger partial charge in [-0.3, -0.25) is 0 Å². The Morgan fingerprint density at radius 2 is 0.979 bits per heavy atom. The molecular formula is C44H65BrO2. The molecule has 0 N–H and O–H groups in total. The third-order valence-corrected chi connectivity index (χ3v) is 10.9. The van der Waals surface area contributed by atoms with E-state index in [1.807, 2.05) is 0 Å². The zero-order valence-corrected chi connectivity index (χ0v) is 31.7. The third-order valence-electron chi connectivity index (χ3n) is 10.2. The van der Waals surface area contributed by atoms with Crippen molar-refractivity contribution in [2.24, 2.45) is 0 Å². The van der Waals surface area contributed by atoms with E-state index in [4.69, 9.17) is 9.47 Å². The van der Waals surface area contributed by atoms with Crippen LogP contribution in [-0.4, -0.2) is 25.9 Å². The van der Waals surface area contributed by atoms with Crippen LogP contribution in [0.15, 0.2) is 53.0 Å². The molecule has 0 aliphatic heterocycles. The number of benzene rings is 4. The number of ether oxygens (including phenoxy) is 2. The normalized spacial score (nSPS) is 12.7. The fourth-order valence-electron chi connectivity index (χ4n) is 7.32. The van der Waals surface area contributed by atoms with Crippen LogP contribution < -0.4 is 0 Å². The second-order valence-corrected chi connectivity index (χ2v) is 15.0. The van der Waals surface area contributed by atoms with Gasteiger partial charge in [0.2, 0.25) is 0 Å². The fraction of sp³-hybridized carbons (Fsp3) is 0.636. The van der Waals surface area contributed by atoms with E-state index in [1.165, 1.54) is 171 Å². The Morgan fingerprint density at radius 3 is 1.57 bits per heavy atom. The third kappa shape index (κ3) is 12.9. The molecule has 3 heteroatoms. The predicted molar refractivity (Wildman–Crippen MR) is 210 cm³/mol. The van der Waals surface area contributed by atoms with Crippen molar-refractivity contribution in [2.75, 3.05) is 19.8 Å². The van der Waals surface area contributed by atoms with Crippen LogP contribution >= 0.6 is 15.9 Å². The maximum atomic E-state index is 6.55. The summed E-state index contributed by atoms with van der Waals surface area (Å²) in [6.45, 7) is 7.03. The van der Waals surface area contributed by atoms with Gasteiger partial charge in [-0.05, 0) is 69.6 Å². The van der Waals surface area contributed by atoms with E-state index in [1.54, 1.807) is 0 Å². The zero-order valence-electron chi connectivity index (χ0n) is 30.1. The summed E-state index contributed by atoms with van der Waals surface area (Å²) in [6, 6.07) is 18.3. The van der Waals surface area contributed by atoms with E-state index in [0.29, 0.717) is 6.61 Å². The van der Waals surface area contributed by atoms with Crippen LogP contribution in [0.2, 0.25) is 0 Å². The fourth-order valence-corrected chi connectivity index (χ4v) is 7.78. The lowest BCUT2D eigenvalue weighted by atomic mass is 9.90. The molecule has 0 aromatic heterocycles. The smallest absolute Gasteiger partial charge is 0.0811 e. The first-order valence-electron chi connectivity index (χ1n) is 19.8. The summed E-state index contributed by atoms with van der Waals surface area (Å²) in [7, 11) is 0. The Kier molecular flexibility index (Phi) is 18.5. The molecule has 0 fully saturated rings. The average molecular weight is 706 g/mol. The van der Waals surface area contributed by atoms with Crippen molar-refractivity contribution in [3.8, 4) is 0 Å². The molecule has 0 radical (unpaired) electrons. The summed E-state index contributed by atoms with van der Waals surface area (Å²) < 4.78 is 14.0. The standard InChI is InChI=1S/C44H65BrO2/c1-3-5-7-9-11-13-15-17-19-21-33-46-35-39(47-34-22-20-18-16-14-12-10-8-6-4-2)29-25-36-23-24-37-27-31-41-42(45)32-28-38-26-30-40(36)43(37)44(38)41/h23-24,26-28,30-32,39H,3-22,25,29,33-35H2,1-2H3. The van der Waals surface area contributed by atoms with Gasteiger partial charge < -0.3 is 9.47 Å². The summed E-state index contributed by atoms with van der Waals surface area (Å²) in [6.07, 6.45) is 29.3. The Balaban J connectivity index is 1.24. The van der Waals surface area contributed by atoms with Gasteiger partial charge in [-0.2, -0.15) is 0 Å². The average Bonchev–Trinajstić information content (AvgIpc) is 3.09. The molecule has 1 atom stereocenters. The summed E-state index contributed by atoms with van der Waals surface area (Å²) in [5.74, 6) is 0. The van der Waals surface area contributed by atoms with E-state index in [2.05, 4.69) is 78.3 Å². The predicted octanol–water partition coefficient (Wildman–Crippen LogP) is 14.5. The van der Waals surface area contributed by atoms with Crippen LogP contribution in [-0.2, 0) is 15.9 Å². The minimum absolute atomic E-state index is 0.157. The first-order valence-corrected chi connectivity index (χ1v) is 20.6. The van der Waals surface area contributed by atoms with Crippen molar-refractivity contribution < 1.29 is 9.47 Å². The van der Waals surface area contributed by atoms with Crippen molar-refractivity contribution in [2.45, 2.75) is 161 Å². The lowest BCUT2D eigenvalue weighted by molar-refractivity contribution is -0.0221. The number of halogens is 1. The molecular weight excluding hydrogens is 640 g/mol. The number of aryl methyl sites for hydroxylation is 1. The number of unbranched alkanes of at least 4 members (excludes halogenated alkanes) is 18. The molecule has 0 saturated heterocycles. The Bertz CT molecular complexity index is 1380. The molecule has 0 spiro atoms. The topological polar surface area (TPSA) is 18.5 Å². The van der Waals surface area contributed by atoms with E-state index < -0.39 is 0 Å². The maximum absolute atomic E-state index is 6.55. The Hall–Kier alpha value is -1.68. The highest BCUT2D eigenvalue weighted by atomic mass is 79.9. The molecule has 0 aliphatic rings. The molecule has 1 unspecified atom stereocenters. The van der Waals surface area contributed by atoms with Crippen LogP contribution in [0.5, 0.6) is 0 Å². The van der Waals surface area contributed by atoms with E-state index in [9.17, 15) is 0 Å². The number of hydrogen-bond donors (Lipinski definition) is 0. The summed E-state index contributed by atoms with van der Waals surface area (Å²) in [5.41, 5.74) is 1.43. The van der Waals surface area contributed by atoms with Gasteiger partial charge in [0.25, 0.3) is 0 Å². The lowest BCUT2D eigenvalue weighted by Crippen LogP contribution is -2.22. The van der Waals surface area contributed by atoms with Gasteiger partial charge in [0, 0.05) is 17.7 Å². The molecule has 4 aromatic rings. The maximum Gasteiger partial charge on any atom is 0.0811 e. The van der Waals surface area contributed by atoms with Crippen LogP contribution in [0.25, 0.3) is 32.3 Å². The molecule has 260 valence electrons. The van der Waals surface area contributed by atoms with Crippen LogP contribution in [0, 0.1) is 0 Å². The summed E-state index contributed by atoms with van der Waals surface area (Å²) in [5, 5.41) is 8.11. The van der Waals surface area contributed by atoms with Crippen LogP contribution in [0.4, 0.5) is 0 Å². The van der Waals surface area contributed by atoms with Gasteiger partial charge >= 0.3 is 0 Å². The van der Waals surface area contributed by atoms with Crippen molar-refractivity contribution >= 4 is 48.2 Å². The highest BCUT2D eigenvalue weighted by Gasteiger charge is 2.15. The molecule has 0 amide bonds. The van der Waals surface area contributed by atoms with Crippen LogP contribution in [0.1, 0.15) is 154 Å². The first kappa shape index (κ1) is 38.1. The minimum atomic E-state index is 0.157.